The fraction of sp³-hybridized carbons (Fsp3) is 1.00. The minimum Gasteiger partial charge on any atom is -0.313 e. The average Bonchev–Trinajstić information content (AvgIpc) is 2.49. The first-order valence-corrected chi connectivity index (χ1v) is 10.4. The second-order valence-electron chi connectivity index (χ2n) is 6.03. The third-order valence-corrected chi connectivity index (χ3v) is 8.01. The van der Waals surface area contributed by atoms with Crippen LogP contribution in [0.5, 0.6) is 0 Å². The Balaban J connectivity index is 2.01. The van der Waals surface area contributed by atoms with Crippen LogP contribution < -0.4 is 5.32 Å². The third-order valence-electron chi connectivity index (χ3n) is 4.64. The van der Waals surface area contributed by atoms with E-state index in [9.17, 15) is 0 Å². The van der Waals surface area contributed by atoms with E-state index in [4.69, 9.17) is 0 Å². The van der Waals surface area contributed by atoms with Crippen LogP contribution >= 0.6 is 23.5 Å². The second-order valence-corrected chi connectivity index (χ2v) is 8.66. The molecule has 1 saturated carbocycles. The minimum absolute atomic E-state index is 0.781. The number of thioether (sulfide) groups is 2. The molecule has 2 rings (SSSR count). The Morgan fingerprint density at radius 1 is 1.05 bits per heavy atom. The molecule has 112 valence electrons. The highest BCUT2D eigenvalue weighted by Gasteiger charge is 2.36. The van der Waals surface area contributed by atoms with E-state index >= 15 is 0 Å². The van der Waals surface area contributed by atoms with Crippen molar-refractivity contribution < 1.29 is 0 Å². The predicted molar refractivity (Wildman–Crippen MR) is 91.4 cm³/mol. The van der Waals surface area contributed by atoms with Gasteiger partial charge in [-0.3, -0.25) is 0 Å². The van der Waals surface area contributed by atoms with Gasteiger partial charge in [0.05, 0.1) is 0 Å². The van der Waals surface area contributed by atoms with Crippen LogP contribution in [-0.2, 0) is 0 Å². The molecule has 3 unspecified atom stereocenters. The topological polar surface area (TPSA) is 12.0 Å². The van der Waals surface area contributed by atoms with Crippen molar-refractivity contribution in [1.29, 1.82) is 0 Å². The summed E-state index contributed by atoms with van der Waals surface area (Å²) in [6.07, 6.45) is 9.97. The maximum absolute atomic E-state index is 3.94. The van der Waals surface area contributed by atoms with Gasteiger partial charge in [0.1, 0.15) is 0 Å². The summed E-state index contributed by atoms with van der Waals surface area (Å²) in [5, 5.41) is 5.68. The van der Waals surface area contributed by atoms with Gasteiger partial charge in [-0.2, -0.15) is 23.5 Å². The van der Waals surface area contributed by atoms with Crippen molar-refractivity contribution >= 4 is 23.5 Å². The Hall–Kier alpha value is 0.660. The highest BCUT2D eigenvalue weighted by molar-refractivity contribution is 8.07. The lowest BCUT2D eigenvalue weighted by atomic mass is 9.81. The summed E-state index contributed by atoms with van der Waals surface area (Å²) >= 11 is 4.50. The van der Waals surface area contributed by atoms with E-state index in [-0.39, 0.29) is 0 Å². The Morgan fingerprint density at radius 3 is 2.47 bits per heavy atom. The van der Waals surface area contributed by atoms with Crippen molar-refractivity contribution in [3.63, 3.8) is 0 Å². The van der Waals surface area contributed by atoms with Crippen molar-refractivity contribution in [3.8, 4) is 0 Å². The molecule has 1 aliphatic carbocycles. The first-order chi connectivity index (χ1) is 9.36. The zero-order valence-electron chi connectivity index (χ0n) is 12.7. The molecule has 0 radical (unpaired) electrons. The summed E-state index contributed by atoms with van der Waals surface area (Å²) in [5.74, 6) is 3.68. The van der Waals surface area contributed by atoms with Crippen LogP contribution in [0.4, 0.5) is 0 Å². The maximum atomic E-state index is 3.94. The van der Waals surface area contributed by atoms with E-state index in [1.54, 1.807) is 0 Å². The molecule has 0 aromatic rings. The molecule has 0 spiro atoms. The van der Waals surface area contributed by atoms with Gasteiger partial charge in [0, 0.05) is 28.0 Å². The summed E-state index contributed by atoms with van der Waals surface area (Å²) in [6, 6.07) is 0.781. The highest BCUT2D eigenvalue weighted by atomic mass is 32.2. The highest BCUT2D eigenvalue weighted by Crippen LogP contribution is 2.40. The van der Waals surface area contributed by atoms with E-state index in [1.165, 1.54) is 63.0 Å². The summed E-state index contributed by atoms with van der Waals surface area (Å²) in [5.41, 5.74) is 0. The number of nitrogens with one attached hydrogen (secondary N) is 1. The Bertz CT molecular complexity index is 241. The molecule has 1 saturated heterocycles. The molecule has 1 nitrogen and oxygen atoms in total. The van der Waals surface area contributed by atoms with Crippen molar-refractivity contribution in [1.82, 2.24) is 5.32 Å². The first kappa shape index (κ1) is 16.0. The minimum atomic E-state index is 0.781. The van der Waals surface area contributed by atoms with Gasteiger partial charge in [-0.1, -0.05) is 33.1 Å². The van der Waals surface area contributed by atoms with Gasteiger partial charge in [0.25, 0.3) is 0 Å². The van der Waals surface area contributed by atoms with E-state index < -0.39 is 0 Å². The number of rotatable bonds is 6. The molecule has 2 fully saturated rings. The van der Waals surface area contributed by atoms with Gasteiger partial charge in [0.15, 0.2) is 0 Å². The van der Waals surface area contributed by atoms with Gasteiger partial charge in [-0.05, 0) is 38.1 Å². The molecule has 2 aliphatic rings. The van der Waals surface area contributed by atoms with Gasteiger partial charge in [0.2, 0.25) is 0 Å². The fourth-order valence-electron chi connectivity index (χ4n) is 3.63. The van der Waals surface area contributed by atoms with E-state index in [0.717, 1.165) is 22.5 Å². The molecule has 0 bridgehead atoms. The fourth-order valence-corrected chi connectivity index (χ4v) is 6.97. The molecule has 1 aliphatic heterocycles. The summed E-state index contributed by atoms with van der Waals surface area (Å²) in [7, 11) is 0. The Kier molecular flexibility index (Phi) is 7.46. The molecule has 1 N–H and O–H groups in total. The van der Waals surface area contributed by atoms with Gasteiger partial charge in [-0.25, -0.2) is 0 Å². The third kappa shape index (κ3) is 4.57. The van der Waals surface area contributed by atoms with Crippen LogP contribution in [0.1, 0.15) is 58.8 Å². The zero-order chi connectivity index (χ0) is 13.5. The average molecular weight is 302 g/mol. The molecule has 0 aromatic carbocycles. The van der Waals surface area contributed by atoms with E-state index in [1.807, 2.05) is 0 Å². The first-order valence-electron chi connectivity index (χ1n) is 8.33. The van der Waals surface area contributed by atoms with Crippen molar-refractivity contribution in [2.75, 3.05) is 18.1 Å². The van der Waals surface area contributed by atoms with Crippen molar-refractivity contribution in [2.45, 2.75) is 75.3 Å². The van der Waals surface area contributed by atoms with Gasteiger partial charge in [-0.15, -0.1) is 0 Å². The van der Waals surface area contributed by atoms with Crippen molar-refractivity contribution in [2.24, 2.45) is 5.92 Å². The second kappa shape index (κ2) is 8.84. The largest absolute Gasteiger partial charge is 0.313 e. The van der Waals surface area contributed by atoms with Gasteiger partial charge >= 0.3 is 0 Å². The Morgan fingerprint density at radius 2 is 1.79 bits per heavy atom. The van der Waals surface area contributed by atoms with Crippen LogP contribution in [0.25, 0.3) is 0 Å². The van der Waals surface area contributed by atoms with Crippen LogP contribution in [0.3, 0.4) is 0 Å². The number of hydrogen-bond donors (Lipinski definition) is 1. The molecular formula is C16H31NS2. The standard InChI is InChI=1S/C16H31NS2/c1-3-10-17-15(13-8-6-5-7-9-13)16-14(4-2)18-11-12-19-16/h13-17H,3-12H2,1-2H3. The van der Waals surface area contributed by atoms with Gasteiger partial charge < -0.3 is 5.32 Å². The lowest BCUT2D eigenvalue weighted by Gasteiger charge is -2.41. The summed E-state index contributed by atoms with van der Waals surface area (Å²) in [4.78, 5) is 0. The molecule has 0 aromatic heterocycles. The molecule has 19 heavy (non-hydrogen) atoms. The smallest absolute Gasteiger partial charge is 0.0322 e. The van der Waals surface area contributed by atoms with Crippen LogP contribution in [0.2, 0.25) is 0 Å². The monoisotopic (exact) mass is 301 g/mol. The molecular weight excluding hydrogens is 270 g/mol. The molecule has 0 amide bonds. The lowest BCUT2D eigenvalue weighted by molar-refractivity contribution is 0.261. The summed E-state index contributed by atoms with van der Waals surface area (Å²) < 4.78 is 0. The molecule has 3 heteroatoms. The Labute approximate surface area is 128 Å². The lowest BCUT2D eigenvalue weighted by Crippen LogP contribution is -2.50. The van der Waals surface area contributed by atoms with Crippen LogP contribution in [0, 0.1) is 5.92 Å². The molecule has 1 heterocycles. The molecule has 3 atom stereocenters. The quantitative estimate of drug-likeness (QED) is 0.772. The van der Waals surface area contributed by atoms with Crippen molar-refractivity contribution in [3.05, 3.63) is 0 Å². The number of hydrogen-bond acceptors (Lipinski definition) is 3. The zero-order valence-corrected chi connectivity index (χ0v) is 14.3. The van der Waals surface area contributed by atoms with Crippen LogP contribution in [-0.4, -0.2) is 34.6 Å². The van der Waals surface area contributed by atoms with E-state index in [0.29, 0.717) is 0 Å². The SMILES string of the molecule is CCCNC(C1CCCCC1)C1SCCSC1CC. The van der Waals surface area contributed by atoms with E-state index in [2.05, 4.69) is 42.7 Å². The normalized spacial score (nSPS) is 31.3. The van der Waals surface area contributed by atoms with Crippen LogP contribution in [0.15, 0.2) is 0 Å². The predicted octanol–water partition coefficient (Wildman–Crippen LogP) is 4.56. The summed E-state index contributed by atoms with van der Waals surface area (Å²) in [6.45, 7) is 5.89. The maximum Gasteiger partial charge on any atom is 0.0322 e.